The molecular weight excluding hydrogens is 174 g/mol. The average molecular weight is 187 g/mol. The first kappa shape index (κ1) is 7.85. The van der Waals surface area contributed by atoms with Crippen molar-refractivity contribution < 1.29 is 0 Å². The van der Waals surface area contributed by atoms with Gasteiger partial charge in [0.1, 0.15) is 11.3 Å². The molecule has 1 aliphatic rings. The second kappa shape index (κ2) is 2.74. The first-order valence-electron chi connectivity index (χ1n) is 5.10. The Bertz CT molecular complexity index is 484. The van der Waals surface area contributed by atoms with Gasteiger partial charge in [-0.05, 0) is 25.0 Å². The largest absolute Gasteiger partial charge is 0.397 e. The van der Waals surface area contributed by atoms with Gasteiger partial charge >= 0.3 is 0 Å². The number of aromatic nitrogens is 2. The summed E-state index contributed by atoms with van der Waals surface area (Å²) in [5, 5.41) is 0. The Morgan fingerprint density at radius 1 is 1.29 bits per heavy atom. The summed E-state index contributed by atoms with van der Waals surface area (Å²) in [6, 6.07) is 6.02. The number of hydrogen-bond donors (Lipinski definition) is 1. The molecule has 72 valence electrons. The van der Waals surface area contributed by atoms with Gasteiger partial charge in [-0.2, -0.15) is 0 Å². The van der Waals surface area contributed by atoms with Crippen molar-refractivity contribution in [2.24, 2.45) is 0 Å². The van der Waals surface area contributed by atoms with Crippen molar-refractivity contribution >= 4 is 16.7 Å². The SMILES string of the molecule is Nc1cccc2c1nc1n2CCCC1. The molecule has 3 rings (SSSR count). The molecule has 0 saturated heterocycles. The Labute approximate surface area is 82.5 Å². The summed E-state index contributed by atoms with van der Waals surface area (Å²) in [7, 11) is 0. The molecule has 14 heavy (non-hydrogen) atoms. The second-order valence-electron chi connectivity index (χ2n) is 3.85. The van der Waals surface area contributed by atoms with E-state index >= 15 is 0 Å². The molecule has 0 aliphatic carbocycles. The Hall–Kier alpha value is -1.51. The summed E-state index contributed by atoms with van der Waals surface area (Å²) in [4.78, 5) is 4.59. The molecule has 3 nitrogen and oxygen atoms in total. The highest BCUT2D eigenvalue weighted by atomic mass is 15.1. The highest BCUT2D eigenvalue weighted by Crippen LogP contribution is 2.25. The van der Waals surface area contributed by atoms with Gasteiger partial charge in [0.25, 0.3) is 0 Å². The van der Waals surface area contributed by atoms with Gasteiger partial charge in [0, 0.05) is 13.0 Å². The van der Waals surface area contributed by atoms with E-state index in [-0.39, 0.29) is 0 Å². The number of nitrogen functional groups attached to an aromatic ring is 1. The normalized spacial score (nSPS) is 15.7. The third-order valence-corrected chi connectivity index (χ3v) is 2.92. The summed E-state index contributed by atoms with van der Waals surface area (Å²) in [5.41, 5.74) is 8.86. The van der Waals surface area contributed by atoms with E-state index in [1.54, 1.807) is 0 Å². The predicted octanol–water partition coefficient (Wildman–Crippen LogP) is 1.95. The van der Waals surface area contributed by atoms with Crippen LogP contribution in [0.3, 0.4) is 0 Å². The van der Waals surface area contributed by atoms with E-state index in [1.807, 2.05) is 12.1 Å². The van der Waals surface area contributed by atoms with Crippen LogP contribution in [0.25, 0.3) is 11.0 Å². The Kier molecular flexibility index (Phi) is 1.54. The number of hydrogen-bond acceptors (Lipinski definition) is 2. The molecule has 0 unspecified atom stereocenters. The van der Waals surface area contributed by atoms with Crippen LogP contribution in [-0.2, 0) is 13.0 Å². The molecule has 0 atom stereocenters. The number of benzene rings is 1. The summed E-state index contributed by atoms with van der Waals surface area (Å²) >= 11 is 0. The lowest BCUT2D eigenvalue weighted by Gasteiger charge is -2.13. The topological polar surface area (TPSA) is 43.8 Å². The van der Waals surface area contributed by atoms with Crippen LogP contribution in [0.4, 0.5) is 5.69 Å². The van der Waals surface area contributed by atoms with E-state index in [0.29, 0.717) is 0 Å². The lowest BCUT2D eigenvalue weighted by atomic mass is 10.2. The van der Waals surface area contributed by atoms with Gasteiger partial charge < -0.3 is 10.3 Å². The van der Waals surface area contributed by atoms with Gasteiger partial charge in [-0.3, -0.25) is 0 Å². The monoisotopic (exact) mass is 187 g/mol. The summed E-state index contributed by atoms with van der Waals surface area (Å²) < 4.78 is 2.30. The fourth-order valence-electron chi connectivity index (χ4n) is 2.21. The van der Waals surface area contributed by atoms with Gasteiger partial charge in [0.2, 0.25) is 0 Å². The van der Waals surface area contributed by atoms with Crippen LogP contribution in [-0.4, -0.2) is 9.55 Å². The molecule has 0 saturated carbocycles. The van der Waals surface area contributed by atoms with Crippen LogP contribution in [0.5, 0.6) is 0 Å². The number of imidazole rings is 1. The summed E-state index contributed by atoms with van der Waals surface area (Å²) in [6.07, 6.45) is 3.60. The number of nitrogens with two attached hydrogens (primary N) is 1. The number of anilines is 1. The fourth-order valence-corrected chi connectivity index (χ4v) is 2.21. The molecule has 1 aromatic heterocycles. The molecule has 2 N–H and O–H groups in total. The molecule has 1 aromatic carbocycles. The minimum absolute atomic E-state index is 0.796. The molecule has 0 amide bonds. The number of para-hydroxylation sites is 1. The third kappa shape index (κ3) is 0.953. The highest BCUT2D eigenvalue weighted by molar-refractivity contribution is 5.87. The van der Waals surface area contributed by atoms with Crippen molar-refractivity contribution in [3.8, 4) is 0 Å². The van der Waals surface area contributed by atoms with E-state index in [4.69, 9.17) is 5.73 Å². The van der Waals surface area contributed by atoms with Crippen molar-refractivity contribution in [3.05, 3.63) is 24.0 Å². The molecule has 2 aromatic rings. The molecule has 3 heteroatoms. The highest BCUT2D eigenvalue weighted by Gasteiger charge is 2.14. The van der Waals surface area contributed by atoms with Crippen molar-refractivity contribution in [2.45, 2.75) is 25.8 Å². The van der Waals surface area contributed by atoms with Gasteiger partial charge in [0.05, 0.1) is 11.2 Å². The number of aryl methyl sites for hydroxylation is 2. The second-order valence-corrected chi connectivity index (χ2v) is 3.85. The average Bonchev–Trinajstić information content (AvgIpc) is 2.59. The van der Waals surface area contributed by atoms with Crippen molar-refractivity contribution in [1.29, 1.82) is 0 Å². The minimum Gasteiger partial charge on any atom is -0.397 e. The third-order valence-electron chi connectivity index (χ3n) is 2.92. The van der Waals surface area contributed by atoms with Crippen LogP contribution in [0.15, 0.2) is 18.2 Å². The standard InChI is InChI=1S/C11H13N3/c12-8-4-3-5-9-11(8)13-10-6-1-2-7-14(9)10/h3-5H,1-2,6-7,12H2. The first-order chi connectivity index (χ1) is 6.86. The number of fused-ring (bicyclic) bond motifs is 3. The lowest BCUT2D eigenvalue weighted by molar-refractivity contribution is 0.533. The predicted molar refractivity (Wildman–Crippen MR) is 57.1 cm³/mol. The fraction of sp³-hybridized carbons (Fsp3) is 0.364. The molecule has 0 radical (unpaired) electrons. The summed E-state index contributed by atoms with van der Waals surface area (Å²) in [5.74, 6) is 1.20. The molecule has 0 spiro atoms. The maximum absolute atomic E-state index is 5.89. The van der Waals surface area contributed by atoms with Crippen LogP contribution in [0.2, 0.25) is 0 Å². The van der Waals surface area contributed by atoms with Gasteiger partial charge in [-0.1, -0.05) is 6.07 Å². The van der Waals surface area contributed by atoms with Crippen LogP contribution in [0, 0.1) is 0 Å². The Morgan fingerprint density at radius 2 is 2.21 bits per heavy atom. The maximum atomic E-state index is 5.89. The van der Waals surface area contributed by atoms with Crippen molar-refractivity contribution in [1.82, 2.24) is 9.55 Å². The zero-order valence-electron chi connectivity index (χ0n) is 8.03. The van der Waals surface area contributed by atoms with Crippen molar-refractivity contribution in [3.63, 3.8) is 0 Å². The zero-order valence-corrected chi connectivity index (χ0v) is 8.03. The van der Waals surface area contributed by atoms with E-state index in [9.17, 15) is 0 Å². The number of nitrogens with zero attached hydrogens (tertiary/aromatic N) is 2. The van der Waals surface area contributed by atoms with Gasteiger partial charge in [0.15, 0.2) is 0 Å². The quantitative estimate of drug-likeness (QED) is 0.641. The maximum Gasteiger partial charge on any atom is 0.112 e. The van der Waals surface area contributed by atoms with Crippen LogP contribution < -0.4 is 5.73 Å². The van der Waals surface area contributed by atoms with Gasteiger partial charge in [-0.15, -0.1) is 0 Å². The van der Waals surface area contributed by atoms with E-state index in [2.05, 4.69) is 15.6 Å². The molecule has 0 fully saturated rings. The zero-order chi connectivity index (χ0) is 9.54. The molecule has 2 heterocycles. The van der Waals surface area contributed by atoms with E-state index < -0.39 is 0 Å². The first-order valence-corrected chi connectivity index (χ1v) is 5.10. The van der Waals surface area contributed by atoms with Crippen LogP contribution in [0.1, 0.15) is 18.7 Å². The van der Waals surface area contributed by atoms with E-state index in [0.717, 1.165) is 24.2 Å². The minimum atomic E-state index is 0.796. The summed E-state index contributed by atoms with van der Waals surface area (Å²) in [6.45, 7) is 1.09. The molecule has 1 aliphatic heterocycles. The van der Waals surface area contributed by atoms with Crippen LogP contribution >= 0.6 is 0 Å². The smallest absolute Gasteiger partial charge is 0.112 e. The lowest BCUT2D eigenvalue weighted by Crippen LogP contribution is -2.09. The molecule has 0 bridgehead atoms. The molecular formula is C11H13N3. The Balaban J connectivity index is 2.36. The van der Waals surface area contributed by atoms with Gasteiger partial charge in [-0.25, -0.2) is 4.98 Å². The number of rotatable bonds is 0. The van der Waals surface area contributed by atoms with E-state index in [1.165, 1.54) is 24.2 Å². The van der Waals surface area contributed by atoms with Crippen molar-refractivity contribution in [2.75, 3.05) is 5.73 Å². The Morgan fingerprint density at radius 3 is 3.14 bits per heavy atom.